The summed E-state index contributed by atoms with van der Waals surface area (Å²) in [6.45, 7) is 2.35. The summed E-state index contributed by atoms with van der Waals surface area (Å²) in [6, 6.07) is 23.4. The average Bonchev–Trinajstić information content (AvgIpc) is 3.23. The Morgan fingerprint density at radius 3 is 2.44 bits per heavy atom. The molecule has 7 nitrogen and oxygen atoms in total. The van der Waals surface area contributed by atoms with Crippen LogP contribution in [0.4, 0.5) is 0 Å². The molecule has 0 fully saturated rings. The maximum absolute atomic E-state index is 13.6. The molecule has 0 spiro atoms. The maximum atomic E-state index is 13.6. The van der Waals surface area contributed by atoms with Gasteiger partial charge in [-0.05, 0) is 54.0 Å². The molecule has 0 saturated carbocycles. The van der Waals surface area contributed by atoms with Crippen LogP contribution in [0.5, 0.6) is 0 Å². The fourth-order valence-electron chi connectivity index (χ4n) is 5.26. The third-order valence-electron chi connectivity index (χ3n) is 7.29. The van der Waals surface area contributed by atoms with Gasteiger partial charge in [0.1, 0.15) is 0 Å². The second-order valence-corrected chi connectivity index (χ2v) is 12.0. The number of aliphatic hydroxyl groups is 2. The number of sulfonamides is 1. The molecule has 0 radical (unpaired) electrons. The number of rotatable bonds is 13. The fraction of sp³-hybridized carbons (Fsp3) is 0.387. The summed E-state index contributed by atoms with van der Waals surface area (Å²) in [5, 5.41) is 24.8. The Balaban J connectivity index is 1.51. The predicted octanol–water partition coefficient (Wildman–Crippen LogP) is 3.69. The van der Waals surface area contributed by atoms with E-state index in [4.69, 9.17) is 0 Å². The maximum Gasteiger partial charge on any atom is 0.240 e. The largest absolute Gasteiger partial charge is 0.393 e. The first kappa shape index (κ1) is 29.0. The summed E-state index contributed by atoms with van der Waals surface area (Å²) in [5.41, 5.74) is 3.39. The molecule has 0 saturated heterocycles. The van der Waals surface area contributed by atoms with Crippen LogP contribution in [0.25, 0.3) is 0 Å². The first-order valence-corrected chi connectivity index (χ1v) is 15.1. The van der Waals surface area contributed by atoms with Crippen LogP contribution in [-0.4, -0.2) is 43.3 Å². The van der Waals surface area contributed by atoms with Crippen molar-refractivity contribution in [2.45, 2.75) is 68.6 Å². The number of fused-ring (bicyclic) bond motifs is 1. The molecule has 208 valence electrons. The van der Waals surface area contributed by atoms with Crippen LogP contribution in [0, 0.1) is 5.92 Å². The molecule has 0 unspecified atom stereocenters. The van der Waals surface area contributed by atoms with Gasteiger partial charge in [-0.2, -0.15) is 0 Å². The van der Waals surface area contributed by atoms with Crippen molar-refractivity contribution >= 4 is 15.9 Å². The summed E-state index contributed by atoms with van der Waals surface area (Å²) < 4.78 is 28.5. The van der Waals surface area contributed by atoms with Crippen molar-refractivity contribution in [1.29, 1.82) is 0 Å². The molecule has 3 aromatic carbocycles. The van der Waals surface area contributed by atoms with Gasteiger partial charge in [0, 0.05) is 18.9 Å². The van der Waals surface area contributed by atoms with Crippen molar-refractivity contribution < 1.29 is 23.4 Å². The van der Waals surface area contributed by atoms with E-state index in [2.05, 4.69) is 10.0 Å². The Bertz CT molecular complexity index is 1350. The van der Waals surface area contributed by atoms with Crippen LogP contribution in [0.2, 0.25) is 0 Å². The molecule has 0 bridgehead atoms. The van der Waals surface area contributed by atoms with Crippen molar-refractivity contribution in [1.82, 2.24) is 10.0 Å². The van der Waals surface area contributed by atoms with Gasteiger partial charge < -0.3 is 15.5 Å². The first-order chi connectivity index (χ1) is 18.8. The second kappa shape index (κ2) is 13.3. The molecule has 1 aliphatic carbocycles. The zero-order valence-electron chi connectivity index (χ0n) is 22.3. The van der Waals surface area contributed by atoms with Gasteiger partial charge in [-0.15, -0.1) is 0 Å². The monoisotopic (exact) mass is 550 g/mol. The number of carbonyl (C=O) groups is 1. The van der Waals surface area contributed by atoms with Crippen LogP contribution in [-0.2, 0) is 34.1 Å². The number of aliphatic hydroxyl groups excluding tert-OH is 2. The number of hydrogen-bond acceptors (Lipinski definition) is 5. The summed E-state index contributed by atoms with van der Waals surface area (Å²) >= 11 is 0. The standard InChI is InChI=1S/C31H38N2O5S/c1-2-3-17-32-39(37,38)29-16-10-8-14-24(29)19-26(34)20-25(18-22-11-5-4-6-12-22)31(36)33-30-27-15-9-7-13-23(27)21-28(30)35/h4-16,25-26,28,30,32,34-35H,2-3,17-21H2,1H3,(H,33,36)/t25-,26-,28-,30+/m1/s1. The highest BCUT2D eigenvalue weighted by atomic mass is 32.2. The molecule has 4 rings (SSSR count). The minimum atomic E-state index is -3.72. The van der Waals surface area contributed by atoms with Gasteiger partial charge in [0.05, 0.1) is 23.1 Å². The molecule has 4 N–H and O–H groups in total. The van der Waals surface area contributed by atoms with Crippen LogP contribution >= 0.6 is 0 Å². The molecule has 0 aliphatic heterocycles. The SMILES string of the molecule is CCCCNS(=O)(=O)c1ccccc1C[C@@H](O)C[C@@H](Cc1ccccc1)C(=O)N[C@H]1c2ccccc2C[C@H]1O. The zero-order valence-corrected chi connectivity index (χ0v) is 23.1. The normalized spacial score (nSPS) is 18.3. The highest BCUT2D eigenvalue weighted by Crippen LogP contribution is 2.32. The Kier molecular flexibility index (Phi) is 9.91. The van der Waals surface area contributed by atoms with E-state index < -0.39 is 34.2 Å². The average molecular weight is 551 g/mol. The van der Waals surface area contributed by atoms with E-state index in [0.29, 0.717) is 24.9 Å². The van der Waals surface area contributed by atoms with Crippen molar-refractivity contribution in [3.63, 3.8) is 0 Å². The predicted molar refractivity (Wildman–Crippen MR) is 152 cm³/mol. The molecular weight excluding hydrogens is 512 g/mol. The third-order valence-corrected chi connectivity index (χ3v) is 8.86. The lowest BCUT2D eigenvalue weighted by Crippen LogP contribution is -2.40. The van der Waals surface area contributed by atoms with Gasteiger partial charge in [-0.3, -0.25) is 4.79 Å². The zero-order chi connectivity index (χ0) is 27.8. The van der Waals surface area contributed by atoms with E-state index in [1.54, 1.807) is 24.3 Å². The third kappa shape index (κ3) is 7.54. The van der Waals surface area contributed by atoms with Gasteiger partial charge in [0.2, 0.25) is 15.9 Å². The number of hydrogen-bond donors (Lipinski definition) is 4. The van der Waals surface area contributed by atoms with Gasteiger partial charge in [-0.25, -0.2) is 13.1 Å². The lowest BCUT2D eigenvalue weighted by Gasteiger charge is -2.25. The van der Waals surface area contributed by atoms with E-state index in [-0.39, 0.29) is 23.6 Å². The quantitative estimate of drug-likeness (QED) is 0.242. The fourth-order valence-corrected chi connectivity index (χ4v) is 6.58. The molecule has 0 aromatic heterocycles. The van der Waals surface area contributed by atoms with E-state index in [1.807, 2.05) is 61.5 Å². The lowest BCUT2D eigenvalue weighted by molar-refractivity contribution is -0.127. The lowest BCUT2D eigenvalue weighted by atomic mass is 9.90. The van der Waals surface area contributed by atoms with Gasteiger partial charge >= 0.3 is 0 Å². The first-order valence-electron chi connectivity index (χ1n) is 13.6. The highest BCUT2D eigenvalue weighted by molar-refractivity contribution is 7.89. The topological polar surface area (TPSA) is 116 Å². The van der Waals surface area contributed by atoms with Crippen LogP contribution < -0.4 is 10.0 Å². The number of unbranched alkanes of at least 4 members (excludes halogenated alkanes) is 1. The number of benzene rings is 3. The van der Waals surface area contributed by atoms with Crippen molar-refractivity contribution in [3.05, 3.63) is 101 Å². The summed E-state index contributed by atoms with van der Waals surface area (Å²) in [7, 11) is -3.72. The molecular formula is C31H38N2O5S. The highest BCUT2D eigenvalue weighted by Gasteiger charge is 2.34. The molecule has 8 heteroatoms. The molecule has 1 amide bonds. The van der Waals surface area contributed by atoms with E-state index >= 15 is 0 Å². The van der Waals surface area contributed by atoms with E-state index in [9.17, 15) is 23.4 Å². The van der Waals surface area contributed by atoms with Crippen molar-refractivity contribution in [2.75, 3.05) is 6.54 Å². The van der Waals surface area contributed by atoms with E-state index in [1.165, 1.54) is 0 Å². The number of amides is 1. The molecule has 4 atom stereocenters. The summed E-state index contributed by atoms with van der Waals surface area (Å²) in [5.74, 6) is -0.824. The molecule has 0 heterocycles. The van der Waals surface area contributed by atoms with Crippen LogP contribution in [0.1, 0.15) is 54.5 Å². The van der Waals surface area contributed by atoms with Crippen LogP contribution in [0.3, 0.4) is 0 Å². The Hall–Kier alpha value is -3.04. The van der Waals surface area contributed by atoms with Crippen molar-refractivity contribution in [2.24, 2.45) is 5.92 Å². The Morgan fingerprint density at radius 1 is 0.974 bits per heavy atom. The van der Waals surface area contributed by atoms with Gasteiger partial charge in [-0.1, -0.05) is 86.1 Å². The summed E-state index contributed by atoms with van der Waals surface area (Å²) in [6.07, 6.45) is 1.07. The van der Waals surface area contributed by atoms with Crippen LogP contribution in [0.15, 0.2) is 83.8 Å². The Labute approximate surface area is 231 Å². The second-order valence-electron chi connectivity index (χ2n) is 10.3. The number of nitrogens with one attached hydrogen (secondary N) is 2. The summed E-state index contributed by atoms with van der Waals surface area (Å²) in [4.78, 5) is 13.7. The van der Waals surface area contributed by atoms with Crippen molar-refractivity contribution in [3.8, 4) is 0 Å². The van der Waals surface area contributed by atoms with Gasteiger partial charge in [0.25, 0.3) is 0 Å². The minimum absolute atomic E-state index is 0.0956. The molecule has 1 aliphatic rings. The smallest absolute Gasteiger partial charge is 0.240 e. The molecule has 3 aromatic rings. The Morgan fingerprint density at radius 2 is 1.67 bits per heavy atom. The molecule has 39 heavy (non-hydrogen) atoms. The minimum Gasteiger partial charge on any atom is -0.393 e. The van der Waals surface area contributed by atoms with E-state index in [0.717, 1.165) is 29.5 Å². The number of carbonyl (C=O) groups excluding carboxylic acids is 1. The van der Waals surface area contributed by atoms with Gasteiger partial charge in [0.15, 0.2) is 0 Å².